The number of carboxylic acid groups (broad SMARTS) is 1. The van der Waals surface area contributed by atoms with Gasteiger partial charge >= 0.3 is 16.2 Å². The fourth-order valence-corrected chi connectivity index (χ4v) is 6.80. The Hall–Kier alpha value is -2.76. The molecule has 1 atom stereocenters. The zero-order valence-corrected chi connectivity index (χ0v) is 18.1. The first kappa shape index (κ1) is 22.9. The van der Waals surface area contributed by atoms with Crippen LogP contribution in [0, 0.1) is 0 Å². The van der Waals surface area contributed by atoms with E-state index in [0.29, 0.717) is 9.87 Å². The SMILES string of the molecule is O=C(O)CCS(=O)(=O)CN1C(=O)C(Cc2ccccc2)N(Cc2ccccc2)S1(=O)=O. The second kappa shape index (κ2) is 9.16. The van der Waals surface area contributed by atoms with Crippen LogP contribution in [0.25, 0.3) is 0 Å². The molecule has 1 N–H and O–H groups in total. The molecular weight excluding hydrogens is 444 g/mol. The molecule has 3 rings (SSSR count). The molecule has 1 aliphatic rings. The van der Waals surface area contributed by atoms with Gasteiger partial charge in [0.15, 0.2) is 9.84 Å². The zero-order valence-electron chi connectivity index (χ0n) is 16.5. The fraction of sp³-hybridized carbons (Fsp3) is 0.300. The smallest absolute Gasteiger partial charge is 0.308 e. The van der Waals surface area contributed by atoms with Crippen LogP contribution in [0.3, 0.4) is 0 Å². The summed E-state index contributed by atoms with van der Waals surface area (Å²) in [4.78, 5) is 23.8. The van der Waals surface area contributed by atoms with Crippen molar-refractivity contribution in [1.82, 2.24) is 8.61 Å². The van der Waals surface area contributed by atoms with Crippen molar-refractivity contribution in [3.8, 4) is 0 Å². The van der Waals surface area contributed by atoms with Crippen molar-refractivity contribution < 1.29 is 31.5 Å². The molecule has 2 aromatic rings. The van der Waals surface area contributed by atoms with E-state index >= 15 is 0 Å². The number of rotatable bonds is 9. The molecule has 1 amide bonds. The molecule has 1 heterocycles. The average Bonchev–Trinajstić information content (AvgIpc) is 2.89. The summed E-state index contributed by atoms with van der Waals surface area (Å²) in [6.07, 6.45) is -0.594. The molecule has 1 saturated heterocycles. The van der Waals surface area contributed by atoms with Gasteiger partial charge in [0, 0.05) is 6.54 Å². The number of carbonyl (C=O) groups excluding carboxylic acids is 1. The number of hydrogen-bond donors (Lipinski definition) is 1. The summed E-state index contributed by atoms with van der Waals surface area (Å²) in [5.74, 6) is -4.02. The molecule has 2 aromatic carbocycles. The highest BCUT2D eigenvalue weighted by Crippen LogP contribution is 2.29. The Balaban J connectivity index is 1.93. The number of hydrogen-bond acceptors (Lipinski definition) is 6. The second-order valence-electron chi connectivity index (χ2n) is 7.15. The van der Waals surface area contributed by atoms with Crippen molar-refractivity contribution in [2.75, 3.05) is 11.6 Å². The maximum atomic E-state index is 13.2. The lowest BCUT2D eigenvalue weighted by molar-refractivity contribution is -0.136. The Morgan fingerprint density at radius 2 is 1.52 bits per heavy atom. The molecule has 9 nitrogen and oxygen atoms in total. The summed E-state index contributed by atoms with van der Waals surface area (Å²) in [6, 6.07) is 16.4. The summed E-state index contributed by atoms with van der Waals surface area (Å²) >= 11 is 0. The summed E-state index contributed by atoms with van der Waals surface area (Å²) < 4.78 is 52.3. The van der Waals surface area contributed by atoms with Crippen molar-refractivity contribution in [3.63, 3.8) is 0 Å². The molecule has 166 valence electrons. The largest absolute Gasteiger partial charge is 0.481 e. The standard InChI is InChI=1S/C20H22N2O7S2/c23-19(24)11-12-30(26,27)15-22-20(25)18(13-16-7-3-1-4-8-16)21(31(22,28)29)14-17-9-5-2-6-10-17/h1-10,18H,11-15H2,(H,23,24). The van der Waals surface area contributed by atoms with Crippen LogP contribution in [0.4, 0.5) is 0 Å². The lowest BCUT2D eigenvalue weighted by Crippen LogP contribution is -2.38. The minimum atomic E-state index is -4.43. The predicted molar refractivity (Wildman–Crippen MR) is 113 cm³/mol. The van der Waals surface area contributed by atoms with Crippen LogP contribution in [0.2, 0.25) is 0 Å². The van der Waals surface area contributed by atoms with Gasteiger partial charge in [0.25, 0.3) is 5.91 Å². The molecule has 0 bridgehead atoms. The number of carbonyl (C=O) groups is 2. The summed E-state index contributed by atoms with van der Waals surface area (Å²) in [5, 5.41) is 8.73. The number of carboxylic acids is 1. The number of sulfone groups is 1. The predicted octanol–water partition coefficient (Wildman–Crippen LogP) is 1.03. The summed E-state index contributed by atoms with van der Waals surface area (Å²) in [6.45, 7) is -0.0991. The lowest BCUT2D eigenvalue weighted by atomic mass is 10.0. The molecule has 31 heavy (non-hydrogen) atoms. The monoisotopic (exact) mass is 466 g/mol. The number of benzene rings is 2. The first-order valence-electron chi connectivity index (χ1n) is 9.43. The summed E-state index contributed by atoms with van der Waals surface area (Å²) in [7, 11) is -8.56. The normalized spacial score (nSPS) is 18.9. The van der Waals surface area contributed by atoms with Gasteiger partial charge in [0.05, 0.1) is 12.2 Å². The van der Waals surface area contributed by atoms with E-state index in [1.807, 2.05) is 0 Å². The van der Waals surface area contributed by atoms with E-state index in [1.165, 1.54) is 0 Å². The molecule has 0 radical (unpaired) electrons. The van der Waals surface area contributed by atoms with E-state index in [9.17, 15) is 26.4 Å². The van der Waals surface area contributed by atoms with Gasteiger partial charge in [-0.1, -0.05) is 60.7 Å². The number of amides is 1. The third-order valence-corrected chi connectivity index (χ3v) is 8.33. The summed E-state index contributed by atoms with van der Waals surface area (Å²) in [5.41, 5.74) is 1.37. The number of nitrogens with zero attached hydrogens (tertiary/aromatic N) is 2. The minimum absolute atomic E-state index is 0.0808. The Kier molecular flexibility index (Phi) is 6.77. The van der Waals surface area contributed by atoms with Crippen molar-refractivity contribution in [2.24, 2.45) is 0 Å². The van der Waals surface area contributed by atoms with Gasteiger partial charge in [0.1, 0.15) is 11.9 Å². The van der Waals surface area contributed by atoms with Gasteiger partial charge < -0.3 is 5.11 Å². The van der Waals surface area contributed by atoms with Crippen molar-refractivity contribution in [2.45, 2.75) is 25.4 Å². The van der Waals surface area contributed by atoms with Crippen LogP contribution in [0.1, 0.15) is 17.5 Å². The maximum absolute atomic E-state index is 13.2. The fourth-order valence-electron chi connectivity index (χ4n) is 3.29. The zero-order chi connectivity index (χ0) is 22.6. The Morgan fingerprint density at radius 1 is 0.968 bits per heavy atom. The van der Waals surface area contributed by atoms with Crippen molar-refractivity contribution >= 4 is 31.9 Å². The van der Waals surface area contributed by atoms with E-state index in [1.54, 1.807) is 60.7 Å². The molecule has 11 heteroatoms. The van der Waals surface area contributed by atoms with Gasteiger partial charge in [-0.3, -0.25) is 9.59 Å². The van der Waals surface area contributed by atoms with E-state index < -0.39 is 56.0 Å². The number of aliphatic carboxylic acids is 1. The molecule has 0 spiro atoms. The first-order valence-corrected chi connectivity index (χ1v) is 12.7. The van der Waals surface area contributed by atoms with E-state index in [-0.39, 0.29) is 13.0 Å². The topological polar surface area (TPSA) is 129 Å². The van der Waals surface area contributed by atoms with Crippen LogP contribution in [0.5, 0.6) is 0 Å². The van der Waals surface area contributed by atoms with E-state index in [4.69, 9.17) is 5.11 Å². The second-order valence-corrected chi connectivity index (χ2v) is 11.1. The van der Waals surface area contributed by atoms with Crippen LogP contribution < -0.4 is 0 Å². The Labute approximate surface area is 181 Å². The Morgan fingerprint density at radius 3 is 2.06 bits per heavy atom. The van der Waals surface area contributed by atoms with Gasteiger partial charge in [-0.25, -0.2) is 12.7 Å². The first-order chi connectivity index (χ1) is 14.6. The van der Waals surface area contributed by atoms with Gasteiger partial charge in [-0.05, 0) is 17.5 Å². The van der Waals surface area contributed by atoms with Gasteiger partial charge in [0.2, 0.25) is 0 Å². The Bertz CT molecular complexity index is 1150. The average molecular weight is 467 g/mol. The third-order valence-electron chi connectivity index (χ3n) is 4.85. The molecule has 1 unspecified atom stereocenters. The maximum Gasteiger partial charge on any atom is 0.308 e. The highest BCUT2D eigenvalue weighted by Gasteiger charge is 2.51. The molecule has 0 aliphatic carbocycles. The minimum Gasteiger partial charge on any atom is -0.481 e. The highest BCUT2D eigenvalue weighted by atomic mass is 32.2. The molecule has 0 saturated carbocycles. The molecule has 1 aliphatic heterocycles. The van der Waals surface area contributed by atoms with Crippen LogP contribution in [0.15, 0.2) is 60.7 Å². The lowest BCUT2D eigenvalue weighted by Gasteiger charge is -2.21. The van der Waals surface area contributed by atoms with E-state index in [2.05, 4.69) is 0 Å². The van der Waals surface area contributed by atoms with Crippen molar-refractivity contribution in [1.29, 1.82) is 0 Å². The van der Waals surface area contributed by atoms with Crippen LogP contribution in [-0.2, 0) is 42.6 Å². The van der Waals surface area contributed by atoms with Crippen LogP contribution in [-0.4, -0.2) is 60.1 Å². The molecule has 0 aromatic heterocycles. The van der Waals surface area contributed by atoms with Crippen LogP contribution >= 0.6 is 0 Å². The van der Waals surface area contributed by atoms with Crippen molar-refractivity contribution in [3.05, 3.63) is 71.8 Å². The van der Waals surface area contributed by atoms with Gasteiger partial charge in [-0.2, -0.15) is 12.7 Å². The highest BCUT2D eigenvalue weighted by molar-refractivity contribution is 7.93. The molecular formula is C20H22N2O7S2. The van der Waals surface area contributed by atoms with E-state index in [0.717, 1.165) is 9.87 Å². The molecule has 1 fully saturated rings. The quantitative estimate of drug-likeness (QED) is 0.584. The van der Waals surface area contributed by atoms with Gasteiger partial charge in [-0.15, -0.1) is 0 Å². The third kappa shape index (κ3) is 5.49.